The van der Waals surface area contributed by atoms with Gasteiger partial charge in [-0.25, -0.2) is 4.79 Å². The molecule has 0 aliphatic rings. The Labute approximate surface area is 125 Å². The summed E-state index contributed by atoms with van der Waals surface area (Å²) in [7, 11) is 0. The fourth-order valence-corrected chi connectivity index (χ4v) is 2.89. The van der Waals surface area contributed by atoms with E-state index in [1.165, 1.54) is 11.3 Å². The number of carbonyl (C=O) groups excluding carboxylic acids is 1. The fourth-order valence-electron chi connectivity index (χ4n) is 1.71. The lowest BCUT2D eigenvalue weighted by Gasteiger charge is -2.14. The molecule has 1 aromatic carbocycles. The first kappa shape index (κ1) is 14.6. The molecule has 0 aliphatic carbocycles. The van der Waals surface area contributed by atoms with Gasteiger partial charge in [0, 0.05) is 0 Å². The molecule has 20 heavy (non-hydrogen) atoms. The maximum absolute atomic E-state index is 12.1. The number of aryl methyl sites for hydroxylation is 1. The first-order chi connectivity index (χ1) is 9.50. The first-order valence-electron chi connectivity index (χ1n) is 5.83. The zero-order chi connectivity index (χ0) is 14.7. The van der Waals surface area contributed by atoms with Crippen LogP contribution >= 0.6 is 22.9 Å². The van der Waals surface area contributed by atoms with E-state index in [4.69, 9.17) is 11.6 Å². The highest BCUT2D eigenvalue weighted by Gasteiger charge is 2.24. The quantitative estimate of drug-likeness (QED) is 0.911. The van der Waals surface area contributed by atoms with Crippen LogP contribution in [0.5, 0.6) is 0 Å². The van der Waals surface area contributed by atoms with Crippen LogP contribution in [0.15, 0.2) is 35.7 Å². The van der Waals surface area contributed by atoms with E-state index in [1.807, 2.05) is 0 Å². The minimum absolute atomic E-state index is 0.325. The minimum Gasteiger partial charge on any atom is -0.479 e. The van der Waals surface area contributed by atoms with Crippen LogP contribution in [0.3, 0.4) is 0 Å². The Hall–Kier alpha value is -1.85. The molecule has 4 nitrogen and oxygen atoms in total. The smallest absolute Gasteiger partial charge is 0.330 e. The van der Waals surface area contributed by atoms with Crippen molar-refractivity contribution in [2.24, 2.45) is 0 Å². The van der Waals surface area contributed by atoms with Gasteiger partial charge in [0.2, 0.25) is 0 Å². The van der Waals surface area contributed by atoms with Gasteiger partial charge in [0.25, 0.3) is 5.91 Å². The molecule has 6 heteroatoms. The van der Waals surface area contributed by atoms with E-state index < -0.39 is 17.9 Å². The molecule has 104 valence electrons. The van der Waals surface area contributed by atoms with Crippen molar-refractivity contribution in [2.45, 2.75) is 13.0 Å². The van der Waals surface area contributed by atoms with Gasteiger partial charge in [-0.2, -0.15) is 0 Å². The van der Waals surface area contributed by atoms with Gasteiger partial charge >= 0.3 is 5.97 Å². The topological polar surface area (TPSA) is 66.4 Å². The summed E-state index contributed by atoms with van der Waals surface area (Å²) in [6, 6.07) is 7.44. The molecule has 2 rings (SSSR count). The molecule has 0 bridgehead atoms. The number of carbonyl (C=O) groups is 2. The zero-order valence-electron chi connectivity index (χ0n) is 10.6. The summed E-state index contributed by atoms with van der Waals surface area (Å²) in [5.41, 5.74) is 1.31. The third kappa shape index (κ3) is 3.00. The molecule has 0 aliphatic heterocycles. The molecule has 0 spiro atoms. The SMILES string of the molecule is Cc1csc(C(=O)N[C@@H](C(=O)O)c2ccccc2)c1Cl. The number of hydrogen-bond acceptors (Lipinski definition) is 3. The molecule has 1 aromatic heterocycles. The molecular weight excluding hydrogens is 298 g/mol. The highest BCUT2D eigenvalue weighted by atomic mass is 35.5. The minimum atomic E-state index is -1.12. The molecule has 1 heterocycles. The predicted octanol–water partition coefficient (Wildman–Crippen LogP) is 3.27. The van der Waals surface area contributed by atoms with Crippen LogP contribution in [-0.4, -0.2) is 17.0 Å². The number of amides is 1. The Balaban J connectivity index is 2.24. The molecule has 0 unspecified atom stereocenters. The average molecular weight is 310 g/mol. The van der Waals surface area contributed by atoms with Gasteiger partial charge in [0.05, 0.1) is 5.02 Å². The van der Waals surface area contributed by atoms with Gasteiger partial charge in [0.1, 0.15) is 4.88 Å². The largest absolute Gasteiger partial charge is 0.479 e. The Bertz CT molecular complexity index is 639. The highest BCUT2D eigenvalue weighted by Crippen LogP contribution is 2.27. The Morgan fingerprint density at radius 2 is 1.95 bits per heavy atom. The maximum atomic E-state index is 12.1. The van der Waals surface area contributed by atoms with Crippen LogP contribution in [0, 0.1) is 6.92 Å². The van der Waals surface area contributed by atoms with Crippen molar-refractivity contribution in [1.82, 2.24) is 5.32 Å². The van der Waals surface area contributed by atoms with Gasteiger partial charge in [-0.15, -0.1) is 11.3 Å². The Kier molecular flexibility index (Phi) is 4.42. The highest BCUT2D eigenvalue weighted by molar-refractivity contribution is 7.13. The van der Waals surface area contributed by atoms with Crippen LogP contribution in [0.2, 0.25) is 5.02 Å². The number of halogens is 1. The van der Waals surface area contributed by atoms with Crippen LogP contribution in [0.25, 0.3) is 0 Å². The van der Waals surface area contributed by atoms with Crippen LogP contribution in [0.1, 0.15) is 26.8 Å². The van der Waals surface area contributed by atoms with Crippen molar-refractivity contribution in [3.8, 4) is 0 Å². The van der Waals surface area contributed by atoms with Gasteiger partial charge in [-0.3, -0.25) is 4.79 Å². The second kappa shape index (κ2) is 6.07. The summed E-state index contributed by atoms with van der Waals surface area (Å²) < 4.78 is 0. The van der Waals surface area contributed by atoms with Gasteiger partial charge < -0.3 is 10.4 Å². The monoisotopic (exact) mass is 309 g/mol. The van der Waals surface area contributed by atoms with E-state index in [-0.39, 0.29) is 0 Å². The predicted molar refractivity (Wildman–Crippen MR) is 78.4 cm³/mol. The van der Waals surface area contributed by atoms with E-state index in [0.29, 0.717) is 15.5 Å². The van der Waals surface area contributed by atoms with Crippen molar-refractivity contribution < 1.29 is 14.7 Å². The average Bonchev–Trinajstić information content (AvgIpc) is 2.77. The van der Waals surface area contributed by atoms with E-state index in [1.54, 1.807) is 42.6 Å². The third-order valence-electron chi connectivity index (χ3n) is 2.76. The van der Waals surface area contributed by atoms with Crippen LogP contribution in [0.4, 0.5) is 0 Å². The number of rotatable bonds is 4. The van der Waals surface area contributed by atoms with Gasteiger partial charge in [-0.05, 0) is 23.4 Å². The van der Waals surface area contributed by atoms with Crippen LogP contribution < -0.4 is 5.32 Å². The summed E-state index contributed by atoms with van der Waals surface area (Å²) >= 11 is 7.21. The second-order valence-electron chi connectivity index (χ2n) is 4.22. The first-order valence-corrected chi connectivity index (χ1v) is 7.08. The van der Waals surface area contributed by atoms with E-state index >= 15 is 0 Å². The van der Waals surface area contributed by atoms with Gasteiger partial charge in [-0.1, -0.05) is 41.9 Å². The molecule has 2 N–H and O–H groups in total. The lowest BCUT2D eigenvalue weighted by Crippen LogP contribution is -2.33. The molecular formula is C14H12ClNO3S. The summed E-state index contributed by atoms with van der Waals surface area (Å²) in [5.74, 6) is -1.60. The number of hydrogen-bond donors (Lipinski definition) is 2. The Morgan fingerprint density at radius 1 is 1.30 bits per heavy atom. The number of thiophene rings is 1. The molecule has 0 saturated heterocycles. The van der Waals surface area contributed by atoms with Crippen molar-refractivity contribution in [3.05, 3.63) is 56.7 Å². The summed E-state index contributed by atoms with van der Waals surface area (Å²) in [6.07, 6.45) is 0. The van der Waals surface area contributed by atoms with Crippen molar-refractivity contribution in [1.29, 1.82) is 0 Å². The molecule has 0 saturated carbocycles. The number of nitrogens with one attached hydrogen (secondary N) is 1. The second-order valence-corrected chi connectivity index (χ2v) is 5.47. The molecule has 1 amide bonds. The number of aliphatic carboxylic acids is 1. The molecule has 0 fully saturated rings. The lowest BCUT2D eigenvalue weighted by molar-refractivity contribution is -0.139. The van der Waals surface area contributed by atoms with E-state index in [2.05, 4.69) is 5.32 Å². The van der Waals surface area contributed by atoms with Crippen molar-refractivity contribution in [2.75, 3.05) is 0 Å². The standard InChI is InChI=1S/C14H12ClNO3S/c1-8-7-20-12(10(8)15)13(17)16-11(14(18)19)9-5-3-2-4-6-9/h2-7,11H,1H3,(H,16,17)(H,18,19)/t11-/m1/s1. The Morgan fingerprint density at radius 3 is 2.45 bits per heavy atom. The zero-order valence-corrected chi connectivity index (χ0v) is 12.2. The van der Waals surface area contributed by atoms with Crippen molar-refractivity contribution in [3.63, 3.8) is 0 Å². The summed E-state index contributed by atoms with van der Waals surface area (Å²) in [5, 5.41) is 13.9. The maximum Gasteiger partial charge on any atom is 0.330 e. The van der Waals surface area contributed by atoms with Crippen LogP contribution in [-0.2, 0) is 4.79 Å². The van der Waals surface area contributed by atoms with Crippen molar-refractivity contribution >= 4 is 34.8 Å². The van der Waals surface area contributed by atoms with Gasteiger partial charge in [0.15, 0.2) is 6.04 Å². The summed E-state index contributed by atoms with van der Waals surface area (Å²) in [6.45, 7) is 1.79. The lowest BCUT2D eigenvalue weighted by atomic mass is 10.1. The summed E-state index contributed by atoms with van der Waals surface area (Å²) in [4.78, 5) is 23.8. The molecule has 0 radical (unpaired) electrons. The number of benzene rings is 1. The fraction of sp³-hybridized carbons (Fsp3) is 0.143. The normalized spacial score (nSPS) is 11.9. The molecule has 2 aromatic rings. The number of carboxylic acids is 1. The third-order valence-corrected chi connectivity index (χ3v) is 4.46. The van der Waals surface area contributed by atoms with E-state index in [9.17, 15) is 14.7 Å². The molecule has 1 atom stereocenters. The van der Waals surface area contributed by atoms with E-state index in [0.717, 1.165) is 5.56 Å². The number of carboxylic acid groups (broad SMARTS) is 1.